The van der Waals surface area contributed by atoms with Crippen molar-refractivity contribution in [3.05, 3.63) is 77.8 Å². The number of rotatable bonds is 3. The molecule has 0 atom stereocenters. The monoisotopic (exact) mass is 344 g/mol. The highest BCUT2D eigenvalue weighted by atomic mass is 16.5. The first kappa shape index (κ1) is 15.9. The molecule has 0 fully saturated rings. The lowest BCUT2D eigenvalue weighted by Crippen LogP contribution is -2.20. The highest BCUT2D eigenvalue weighted by molar-refractivity contribution is 6.09. The largest absolute Gasteiger partial charge is 0.497 e. The van der Waals surface area contributed by atoms with Crippen LogP contribution in [0.4, 0.5) is 5.69 Å². The molecule has 0 spiro atoms. The van der Waals surface area contributed by atoms with Crippen molar-refractivity contribution in [2.24, 2.45) is 0 Å². The Kier molecular flexibility index (Phi) is 3.89. The smallest absolute Gasteiger partial charge is 0.261 e. The zero-order valence-corrected chi connectivity index (χ0v) is 14.1. The summed E-state index contributed by atoms with van der Waals surface area (Å²) in [7, 11) is 1.56. The molecule has 1 aromatic heterocycles. The van der Waals surface area contributed by atoms with E-state index in [2.05, 4.69) is 5.32 Å². The van der Waals surface area contributed by atoms with Crippen molar-refractivity contribution in [3.63, 3.8) is 0 Å². The molecule has 0 bridgehead atoms. The van der Waals surface area contributed by atoms with Gasteiger partial charge in [-0.25, -0.2) is 0 Å². The summed E-state index contributed by atoms with van der Waals surface area (Å²) in [5, 5.41) is 13.7. The molecule has 0 saturated carbocycles. The number of ether oxygens (including phenoxy) is 1. The van der Waals surface area contributed by atoms with E-state index in [1.807, 2.05) is 42.5 Å². The number of carbonyl (C=O) groups excluding carboxylic acids is 1. The molecule has 3 aromatic carbocycles. The molecule has 4 aromatic rings. The van der Waals surface area contributed by atoms with Gasteiger partial charge in [0.15, 0.2) is 0 Å². The first-order valence-corrected chi connectivity index (χ1v) is 8.11. The van der Waals surface area contributed by atoms with Gasteiger partial charge in [0, 0.05) is 22.5 Å². The summed E-state index contributed by atoms with van der Waals surface area (Å²) < 4.78 is 10.7. The van der Waals surface area contributed by atoms with Crippen LogP contribution in [0.25, 0.3) is 21.7 Å². The van der Waals surface area contributed by atoms with Crippen molar-refractivity contribution in [3.8, 4) is 5.75 Å². The van der Waals surface area contributed by atoms with Gasteiger partial charge in [0.05, 0.1) is 7.11 Å². The number of methoxy groups -OCH3 is 1. The molecule has 5 nitrogen and oxygen atoms in total. The summed E-state index contributed by atoms with van der Waals surface area (Å²) in [4.78, 5) is 12.7. The fourth-order valence-electron chi connectivity index (χ4n) is 2.93. The van der Waals surface area contributed by atoms with Crippen LogP contribution in [-0.2, 0) is 0 Å². The summed E-state index contributed by atoms with van der Waals surface area (Å²) in [5.41, 5.74) is 1.18. The average molecular weight is 344 g/mol. The molecule has 26 heavy (non-hydrogen) atoms. The van der Waals surface area contributed by atoms with E-state index in [4.69, 9.17) is 14.6 Å². The topological polar surface area (TPSA) is 75.3 Å². The van der Waals surface area contributed by atoms with Crippen LogP contribution in [0.1, 0.15) is 10.4 Å². The fraction of sp³-hybridized carbons (Fsp3) is 0.0476. The minimum absolute atomic E-state index is 0.176. The Balaban J connectivity index is 1.74. The first-order valence-electron chi connectivity index (χ1n) is 8.11. The van der Waals surface area contributed by atoms with Crippen molar-refractivity contribution in [1.82, 2.24) is 0 Å². The molecule has 0 saturated heterocycles. The number of fused-ring (bicyclic) bond motifs is 2. The normalized spacial score (nSPS) is 10.8. The van der Waals surface area contributed by atoms with Gasteiger partial charge >= 0.3 is 0 Å². The first-order chi connectivity index (χ1) is 12.7. The zero-order chi connectivity index (χ0) is 18.1. The second kappa shape index (κ2) is 6.37. The molecule has 0 unspecified atom stereocenters. The molecule has 5 heteroatoms. The van der Waals surface area contributed by atoms with Crippen molar-refractivity contribution in [2.75, 3.05) is 12.4 Å². The van der Waals surface area contributed by atoms with Crippen LogP contribution in [0.3, 0.4) is 0 Å². The van der Waals surface area contributed by atoms with Crippen LogP contribution in [-0.4, -0.2) is 13.0 Å². The predicted octanol–water partition coefficient (Wildman–Crippen LogP) is 4.33. The van der Waals surface area contributed by atoms with Gasteiger partial charge < -0.3 is 14.5 Å². The number of carbonyl (C=O) groups is 1. The molecule has 1 heterocycles. The molecule has 2 N–H and O–H groups in total. The minimum atomic E-state index is -0.382. The van der Waals surface area contributed by atoms with Gasteiger partial charge in [-0.1, -0.05) is 36.4 Å². The number of anilines is 1. The van der Waals surface area contributed by atoms with E-state index in [0.29, 0.717) is 17.0 Å². The second-order valence-electron chi connectivity index (χ2n) is 5.87. The average Bonchev–Trinajstić information content (AvgIpc) is 2.67. The van der Waals surface area contributed by atoms with Gasteiger partial charge in [0.25, 0.3) is 5.91 Å². The van der Waals surface area contributed by atoms with E-state index >= 15 is 0 Å². The maximum atomic E-state index is 12.7. The van der Waals surface area contributed by atoms with Crippen LogP contribution in [0, 0.1) is 5.41 Å². The Morgan fingerprint density at radius 3 is 2.65 bits per heavy atom. The lowest BCUT2D eigenvalue weighted by molar-refractivity contribution is 0.102. The number of amides is 1. The van der Waals surface area contributed by atoms with Crippen LogP contribution >= 0.6 is 0 Å². The molecule has 128 valence electrons. The van der Waals surface area contributed by atoms with E-state index in [1.165, 1.54) is 0 Å². The molecule has 0 aliphatic carbocycles. The van der Waals surface area contributed by atoms with Gasteiger partial charge in [0.1, 0.15) is 16.9 Å². The second-order valence-corrected chi connectivity index (χ2v) is 5.87. The van der Waals surface area contributed by atoms with E-state index < -0.39 is 0 Å². The third-order valence-corrected chi connectivity index (χ3v) is 4.26. The highest BCUT2D eigenvalue weighted by Crippen LogP contribution is 2.24. The van der Waals surface area contributed by atoms with Gasteiger partial charge in [-0.3, -0.25) is 10.2 Å². The summed E-state index contributed by atoms with van der Waals surface area (Å²) in [5.74, 6) is 0.251. The van der Waals surface area contributed by atoms with Gasteiger partial charge in [-0.15, -0.1) is 0 Å². The van der Waals surface area contributed by atoms with Crippen molar-refractivity contribution in [1.29, 1.82) is 5.41 Å². The molecule has 4 rings (SSSR count). The lowest BCUT2D eigenvalue weighted by atomic mass is 10.1. The summed E-state index contributed by atoms with van der Waals surface area (Å²) >= 11 is 0. The summed E-state index contributed by atoms with van der Waals surface area (Å²) in [6, 6.07) is 20.5. The molecule has 1 amide bonds. The zero-order valence-electron chi connectivity index (χ0n) is 14.1. The van der Waals surface area contributed by atoms with E-state index in [0.717, 1.165) is 16.2 Å². The highest BCUT2D eigenvalue weighted by Gasteiger charge is 2.13. The molecular formula is C21H16N2O3. The molecule has 0 radical (unpaired) electrons. The Hall–Kier alpha value is -3.60. The number of nitrogens with one attached hydrogen (secondary N) is 2. The Morgan fingerprint density at radius 1 is 1.00 bits per heavy atom. The van der Waals surface area contributed by atoms with Gasteiger partial charge in [-0.05, 0) is 29.7 Å². The van der Waals surface area contributed by atoms with Crippen LogP contribution in [0.2, 0.25) is 0 Å². The van der Waals surface area contributed by atoms with Crippen LogP contribution in [0.15, 0.2) is 71.1 Å². The van der Waals surface area contributed by atoms with E-state index in [1.54, 1.807) is 31.4 Å². The van der Waals surface area contributed by atoms with Crippen LogP contribution in [0.5, 0.6) is 5.75 Å². The van der Waals surface area contributed by atoms with Crippen molar-refractivity contribution in [2.45, 2.75) is 0 Å². The third kappa shape index (κ3) is 2.80. The quantitative estimate of drug-likeness (QED) is 0.581. The molecule has 0 aliphatic rings. The van der Waals surface area contributed by atoms with Crippen LogP contribution < -0.4 is 15.6 Å². The number of hydrogen-bond acceptors (Lipinski definition) is 4. The summed E-state index contributed by atoms with van der Waals surface area (Å²) in [6.45, 7) is 0. The third-order valence-electron chi connectivity index (χ3n) is 4.26. The fourth-order valence-corrected chi connectivity index (χ4v) is 2.93. The SMILES string of the molecule is COc1ccc2cc(C(=O)Nc3cccc4ccccc34)c(=N)oc2c1. The number of hydrogen-bond donors (Lipinski definition) is 2. The van der Waals surface area contributed by atoms with Crippen molar-refractivity contribution >= 4 is 33.3 Å². The lowest BCUT2D eigenvalue weighted by Gasteiger charge is -2.09. The minimum Gasteiger partial charge on any atom is -0.497 e. The van der Waals surface area contributed by atoms with E-state index in [9.17, 15) is 4.79 Å². The van der Waals surface area contributed by atoms with Crippen molar-refractivity contribution < 1.29 is 13.9 Å². The predicted molar refractivity (Wildman–Crippen MR) is 101 cm³/mol. The Bertz CT molecular complexity index is 1190. The van der Waals surface area contributed by atoms with E-state index in [-0.39, 0.29) is 17.0 Å². The maximum Gasteiger partial charge on any atom is 0.261 e. The number of benzene rings is 3. The van der Waals surface area contributed by atoms with Gasteiger partial charge in [-0.2, -0.15) is 0 Å². The maximum absolute atomic E-state index is 12.7. The Morgan fingerprint density at radius 2 is 1.81 bits per heavy atom. The summed E-state index contributed by atoms with van der Waals surface area (Å²) in [6.07, 6.45) is 0. The molecule has 0 aliphatic heterocycles. The van der Waals surface area contributed by atoms with Gasteiger partial charge in [0.2, 0.25) is 5.55 Å². The Labute approximate surface area is 149 Å². The molecular weight excluding hydrogens is 328 g/mol. The standard InChI is InChI=1S/C21H16N2O3/c1-25-15-10-9-14-11-17(20(22)26-19(14)12-15)21(24)23-18-8-4-6-13-5-2-3-7-16(13)18/h2-12,22H,1H3,(H,23,24).